The number of nitrogens with one attached hydrogen (secondary N) is 1. The van der Waals surface area contributed by atoms with Crippen molar-refractivity contribution in [3.8, 4) is 0 Å². The Kier molecular flexibility index (Phi) is 3.65. The molecule has 1 heterocycles. The molecule has 18 heavy (non-hydrogen) atoms. The molecule has 1 aliphatic rings. The van der Waals surface area contributed by atoms with Gasteiger partial charge in [-0.2, -0.15) is 4.98 Å². The maximum absolute atomic E-state index is 13.5. The standard InChI is InChI=1S/C12H20FN5/c1-18(2)12(5-3-4-6-12)8-16-10-9(13)7-15-11(14)17-10/h7H,3-6,8H2,1-2H3,(H3,14,15,16,17). The molecular weight excluding hydrogens is 233 g/mol. The summed E-state index contributed by atoms with van der Waals surface area (Å²) in [7, 11) is 4.13. The number of aromatic nitrogens is 2. The number of anilines is 2. The van der Waals surface area contributed by atoms with Crippen LogP contribution in [0.4, 0.5) is 16.2 Å². The van der Waals surface area contributed by atoms with E-state index in [1.807, 2.05) is 0 Å². The largest absolute Gasteiger partial charge is 0.368 e. The van der Waals surface area contributed by atoms with Crippen molar-refractivity contribution in [1.29, 1.82) is 0 Å². The van der Waals surface area contributed by atoms with Gasteiger partial charge in [0.1, 0.15) is 0 Å². The van der Waals surface area contributed by atoms with Crippen molar-refractivity contribution < 1.29 is 4.39 Å². The number of halogens is 1. The van der Waals surface area contributed by atoms with Crippen LogP contribution < -0.4 is 11.1 Å². The molecule has 1 fully saturated rings. The van der Waals surface area contributed by atoms with Crippen LogP contribution in [0.3, 0.4) is 0 Å². The number of nitrogens with zero attached hydrogens (tertiary/aromatic N) is 3. The predicted molar refractivity (Wildman–Crippen MR) is 69.8 cm³/mol. The summed E-state index contributed by atoms with van der Waals surface area (Å²) in [6.07, 6.45) is 5.77. The van der Waals surface area contributed by atoms with Crippen molar-refractivity contribution >= 4 is 11.8 Å². The minimum absolute atomic E-state index is 0.0872. The molecule has 0 radical (unpaired) electrons. The van der Waals surface area contributed by atoms with E-state index >= 15 is 0 Å². The third kappa shape index (κ3) is 2.53. The second-order valence-electron chi connectivity index (χ2n) is 5.10. The zero-order valence-corrected chi connectivity index (χ0v) is 10.9. The van der Waals surface area contributed by atoms with Crippen molar-refractivity contribution in [3.05, 3.63) is 12.0 Å². The highest BCUT2D eigenvalue weighted by molar-refractivity contribution is 5.39. The summed E-state index contributed by atoms with van der Waals surface area (Å²) in [5.74, 6) is -0.184. The van der Waals surface area contributed by atoms with E-state index in [0.29, 0.717) is 6.54 Å². The molecule has 0 atom stereocenters. The Balaban J connectivity index is 2.08. The summed E-state index contributed by atoms with van der Waals surface area (Å²) in [6, 6.07) is 0. The molecule has 1 aromatic rings. The molecule has 6 heteroatoms. The van der Waals surface area contributed by atoms with Gasteiger partial charge in [0.25, 0.3) is 0 Å². The van der Waals surface area contributed by atoms with E-state index in [0.717, 1.165) is 19.0 Å². The number of nitrogens with two attached hydrogens (primary N) is 1. The molecule has 2 rings (SSSR count). The second-order valence-corrected chi connectivity index (χ2v) is 5.10. The highest BCUT2D eigenvalue weighted by atomic mass is 19.1. The van der Waals surface area contributed by atoms with Gasteiger partial charge in [-0.3, -0.25) is 0 Å². The number of hydrogen-bond donors (Lipinski definition) is 2. The normalized spacial score (nSPS) is 18.2. The lowest BCUT2D eigenvalue weighted by Crippen LogP contribution is -2.47. The fraction of sp³-hybridized carbons (Fsp3) is 0.667. The predicted octanol–water partition coefficient (Wildman–Crippen LogP) is 1.48. The van der Waals surface area contributed by atoms with Gasteiger partial charge in [0.2, 0.25) is 5.95 Å². The summed E-state index contributed by atoms with van der Waals surface area (Å²) < 4.78 is 13.5. The van der Waals surface area contributed by atoms with Crippen molar-refractivity contribution in [3.63, 3.8) is 0 Å². The molecule has 1 aromatic heterocycles. The molecule has 0 bridgehead atoms. The van der Waals surface area contributed by atoms with Gasteiger partial charge in [-0.15, -0.1) is 0 Å². The van der Waals surface area contributed by atoms with Crippen LogP contribution in [-0.4, -0.2) is 41.0 Å². The highest BCUT2D eigenvalue weighted by Crippen LogP contribution is 2.33. The quantitative estimate of drug-likeness (QED) is 0.851. The first-order valence-electron chi connectivity index (χ1n) is 6.23. The van der Waals surface area contributed by atoms with E-state index in [1.54, 1.807) is 0 Å². The Morgan fingerprint density at radius 1 is 1.44 bits per heavy atom. The van der Waals surface area contributed by atoms with E-state index in [2.05, 4.69) is 34.3 Å². The van der Waals surface area contributed by atoms with Gasteiger partial charge in [-0.1, -0.05) is 12.8 Å². The number of rotatable bonds is 4. The van der Waals surface area contributed by atoms with E-state index in [9.17, 15) is 4.39 Å². The van der Waals surface area contributed by atoms with Crippen molar-refractivity contribution in [1.82, 2.24) is 14.9 Å². The number of hydrogen-bond acceptors (Lipinski definition) is 5. The molecule has 0 aliphatic heterocycles. The van der Waals surface area contributed by atoms with Gasteiger partial charge >= 0.3 is 0 Å². The van der Waals surface area contributed by atoms with E-state index < -0.39 is 5.82 Å². The molecule has 1 saturated carbocycles. The first kappa shape index (κ1) is 13.0. The first-order valence-corrected chi connectivity index (χ1v) is 6.23. The first-order chi connectivity index (χ1) is 8.53. The van der Waals surface area contributed by atoms with E-state index in [1.165, 1.54) is 12.8 Å². The molecule has 0 aromatic carbocycles. The summed E-state index contributed by atoms with van der Waals surface area (Å²) in [4.78, 5) is 9.72. The molecule has 0 amide bonds. The monoisotopic (exact) mass is 253 g/mol. The second kappa shape index (κ2) is 5.06. The smallest absolute Gasteiger partial charge is 0.222 e. The SMILES string of the molecule is CN(C)C1(CNc2nc(N)ncc2F)CCCC1. The van der Waals surface area contributed by atoms with E-state index in [4.69, 9.17) is 5.73 Å². The average Bonchev–Trinajstić information content (AvgIpc) is 2.80. The maximum atomic E-state index is 13.5. The molecule has 100 valence electrons. The van der Waals surface area contributed by atoms with Crippen molar-refractivity contribution in [2.24, 2.45) is 0 Å². The van der Waals surface area contributed by atoms with Crippen LogP contribution >= 0.6 is 0 Å². The molecule has 0 saturated heterocycles. The van der Waals surface area contributed by atoms with Crippen molar-refractivity contribution in [2.45, 2.75) is 31.2 Å². The van der Waals surface area contributed by atoms with Gasteiger partial charge in [-0.25, -0.2) is 9.37 Å². The molecule has 1 aliphatic carbocycles. The maximum Gasteiger partial charge on any atom is 0.222 e. The number of nitrogen functional groups attached to an aromatic ring is 1. The van der Waals surface area contributed by atoms with Crippen molar-refractivity contribution in [2.75, 3.05) is 31.7 Å². The number of likely N-dealkylation sites (N-methyl/N-ethyl adjacent to an activating group) is 1. The van der Waals surface area contributed by atoms with Crippen LogP contribution in [0.15, 0.2) is 6.20 Å². The summed E-state index contributed by atoms with van der Waals surface area (Å²) in [5, 5.41) is 3.07. The lowest BCUT2D eigenvalue weighted by molar-refractivity contribution is 0.172. The molecule has 3 N–H and O–H groups in total. The molecule has 0 spiro atoms. The van der Waals surface area contributed by atoms with Crippen LogP contribution in [0.1, 0.15) is 25.7 Å². The van der Waals surface area contributed by atoms with Gasteiger partial charge in [-0.05, 0) is 26.9 Å². The van der Waals surface area contributed by atoms with Gasteiger partial charge in [0.15, 0.2) is 11.6 Å². The highest BCUT2D eigenvalue weighted by Gasteiger charge is 2.35. The Hall–Kier alpha value is -1.43. The van der Waals surface area contributed by atoms with Gasteiger partial charge in [0.05, 0.1) is 6.20 Å². The van der Waals surface area contributed by atoms with Crippen LogP contribution in [0, 0.1) is 5.82 Å². The third-order valence-corrected chi connectivity index (χ3v) is 3.83. The summed E-state index contributed by atoms with van der Waals surface area (Å²) in [6.45, 7) is 0.674. The minimum atomic E-state index is -0.462. The Labute approximate surface area is 107 Å². The zero-order chi connectivity index (χ0) is 13.2. The zero-order valence-electron chi connectivity index (χ0n) is 10.9. The van der Waals surface area contributed by atoms with Gasteiger partial charge in [0, 0.05) is 12.1 Å². The fourth-order valence-corrected chi connectivity index (χ4v) is 2.57. The lowest BCUT2D eigenvalue weighted by atomic mass is 9.96. The summed E-state index contributed by atoms with van der Waals surface area (Å²) >= 11 is 0. The minimum Gasteiger partial charge on any atom is -0.368 e. The van der Waals surface area contributed by atoms with E-state index in [-0.39, 0.29) is 17.3 Å². The summed E-state index contributed by atoms with van der Waals surface area (Å²) in [5.41, 5.74) is 5.55. The van der Waals surface area contributed by atoms with Crippen LogP contribution in [0.2, 0.25) is 0 Å². The Morgan fingerprint density at radius 3 is 2.72 bits per heavy atom. The third-order valence-electron chi connectivity index (χ3n) is 3.83. The topological polar surface area (TPSA) is 67.1 Å². The van der Waals surface area contributed by atoms with Crippen LogP contribution in [0.25, 0.3) is 0 Å². The van der Waals surface area contributed by atoms with Gasteiger partial charge < -0.3 is 16.0 Å². The van der Waals surface area contributed by atoms with Crippen LogP contribution in [-0.2, 0) is 0 Å². The Bertz CT molecular complexity index is 415. The molecule has 0 unspecified atom stereocenters. The lowest BCUT2D eigenvalue weighted by Gasteiger charge is -2.36. The molecule has 5 nitrogen and oxygen atoms in total. The molecular formula is C12H20FN5. The average molecular weight is 253 g/mol. The fourth-order valence-electron chi connectivity index (χ4n) is 2.57. The Morgan fingerprint density at radius 2 is 2.11 bits per heavy atom. The van der Waals surface area contributed by atoms with Crippen LogP contribution in [0.5, 0.6) is 0 Å².